The molecule has 1 aromatic carbocycles. The molecule has 0 aliphatic heterocycles. The van der Waals surface area contributed by atoms with E-state index in [9.17, 15) is 4.79 Å². The van der Waals surface area contributed by atoms with E-state index >= 15 is 0 Å². The lowest BCUT2D eigenvalue weighted by molar-refractivity contribution is 0.102. The van der Waals surface area contributed by atoms with Crippen LogP contribution in [0.3, 0.4) is 0 Å². The maximum atomic E-state index is 12.5. The Labute approximate surface area is 114 Å². The number of hydrogen-bond donors (Lipinski definition) is 0. The van der Waals surface area contributed by atoms with Crippen molar-refractivity contribution in [3.63, 3.8) is 0 Å². The van der Waals surface area contributed by atoms with E-state index in [4.69, 9.17) is 4.74 Å². The van der Waals surface area contributed by atoms with Crippen molar-refractivity contribution in [2.24, 2.45) is 0 Å². The molecule has 0 radical (unpaired) electrons. The summed E-state index contributed by atoms with van der Waals surface area (Å²) < 4.78 is 7.57. The van der Waals surface area contributed by atoms with E-state index in [2.05, 4.69) is 21.0 Å². The summed E-state index contributed by atoms with van der Waals surface area (Å²) in [5.41, 5.74) is 1.08. The molecule has 0 bridgehead atoms. The van der Waals surface area contributed by atoms with Crippen LogP contribution in [0, 0.1) is 0 Å². The van der Waals surface area contributed by atoms with Gasteiger partial charge < -0.3 is 4.74 Å². The topological polar surface area (TPSA) is 44.1 Å². The summed E-state index contributed by atoms with van der Waals surface area (Å²) in [6.45, 7) is 2.58. The molecule has 0 unspecified atom stereocenters. The van der Waals surface area contributed by atoms with E-state index in [0.29, 0.717) is 28.0 Å². The van der Waals surface area contributed by atoms with Gasteiger partial charge in [0.05, 0.1) is 23.3 Å². The molecule has 94 valence electrons. The molecule has 4 nitrogen and oxygen atoms in total. The number of para-hydroxylation sites is 1. The van der Waals surface area contributed by atoms with Gasteiger partial charge in [-0.2, -0.15) is 5.10 Å². The number of carbonyl (C=O) groups excluding carboxylic acids is 1. The highest BCUT2D eigenvalue weighted by atomic mass is 79.9. The Bertz CT molecular complexity index is 578. The summed E-state index contributed by atoms with van der Waals surface area (Å²) in [6.07, 6.45) is 1.63. The molecular weight excluding hydrogens is 296 g/mol. The van der Waals surface area contributed by atoms with E-state index < -0.39 is 0 Å². The van der Waals surface area contributed by atoms with Crippen LogP contribution in [0.2, 0.25) is 0 Å². The van der Waals surface area contributed by atoms with E-state index in [1.165, 1.54) is 0 Å². The lowest BCUT2D eigenvalue weighted by Gasteiger charge is -2.08. The molecule has 0 saturated heterocycles. The molecular formula is C13H13BrN2O2. The molecule has 0 atom stereocenters. The van der Waals surface area contributed by atoms with E-state index in [1.54, 1.807) is 30.1 Å². The van der Waals surface area contributed by atoms with Crippen LogP contribution in [-0.2, 0) is 6.54 Å². The molecule has 2 aromatic rings. The molecule has 18 heavy (non-hydrogen) atoms. The highest BCUT2D eigenvalue weighted by Gasteiger charge is 2.20. The Balaban J connectivity index is 2.51. The molecule has 1 heterocycles. The van der Waals surface area contributed by atoms with Gasteiger partial charge >= 0.3 is 0 Å². The van der Waals surface area contributed by atoms with Crippen LogP contribution in [0.4, 0.5) is 0 Å². The third-order valence-corrected chi connectivity index (χ3v) is 3.24. The highest BCUT2D eigenvalue weighted by Crippen LogP contribution is 2.25. The van der Waals surface area contributed by atoms with Gasteiger partial charge in [0, 0.05) is 6.54 Å². The zero-order chi connectivity index (χ0) is 13.1. The van der Waals surface area contributed by atoms with Crippen LogP contribution in [0.25, 0.3) is 0 Å². The first kappa shape index (κ1) is 12.8. The van der Waals surface area contributed by atoms with Gasteiger partial charge in [-0.3, -0.25) is 9.48 Å². The molecule has 5 heteroatoms. The normalized spacial score (nSPS) is 10.4. The van der Waals surface area contributed by atoms with E-state index in [1.807, 2.05) is 19.1 Å². The Morgan fingerprint density at radius 1 is 1.44 bits per heavy atom. The molecule has 1 aromatic heterocycles. The summed E-state index contributed by atoms with van der Waals surface area (Å²) in [5, 5.41) is 4.14. The Morgan fingerprint density at radius 3 is 2.83 bits per heavy atom. The number of rotatable bonds is 4. The second kappa shape index (κ2) is 5.35. The van der Waals surface area contributed by atoms with Crippen molar-refractivity contribution in [2.45, 2.75) is 13.5 Å². The minimum Gasteiger partial charge on any atom is -0.496 e. The van der Waals surface area contributed by atoms with Crippen molar-refractivity contribution in [2.75, 3.05) is 7.11 Å². The summed E-state index contributed by atoms with van der Waals surface area (Å²) in [5.74, 6) is 0.469. The summed E-state index contributed by atoms with van der Waals surface area (Å²) in [6, 6.07) is 7.17. The summed E-state index contributed by atoms with van der Waals surface area (Å²) in [4.78, 5) is 12.5. The number of aromatic nitrogens is 2. The summed E-state index contributed by atoms with van der Waals surface area (Å²) in [7, 11) is 1.55. The fourth-order valence-electron chi connectivity index (χ4n) is 1.79. The Kier molecular flexibility index (Phi) is 3.81. The van der Waals surface area contributed by atoms with Crippen molar-refractivity contribution in [1.82, 2.24) is 9.78 Å². The summed E-state index contributed by atoms with van der Waals surface area (Å²) >= 11 is 3.36. The average molecular weight is 309 g/mol. The third kappa shape index (κ3) is 2.18. The number of aryl methyl sites for hydroxylation is 1. The van der Waals surface area contributed by atoms with Gasteiger partial charge in [0.2, 0.25) is 5.78 Å². The molecule has 0 N–H and O–H groups in total. The van der Waals surface area contributed by atoms with E-state index in [0.717, 1.165) is 0 Å². The first-order valence-corrected chi connectivity index (χ1v) is 6.37. The maximum absolute atomic E-state index is 12.5. The van der Waals surface area contributed by atoms with Gasteiger partial charge in [-0.25, -0.2) is 0 Å². The standard InChI is InChI=1S/C13H13BrN2O2/c1-3-16-12(10(14)8-15-16)13(17)9-6-4-5-7-11(9)18-2/h4-8H,3H2,1-2H3. The minimum absolute atomic E-state index is 0.0984. The van der Waals surface area contributed by atoms with Gasteiger partial charge in [-0.1, -0.05) is 12.1 Å². The van der Waals surface area contributed by atoms with Gasteiger partial charge in [0.25, 0.3) is 0 Å². The fourth-order valence-corrected chi connectivity index (χ4v) is 2.26. The predicted octanol–water partition coefficient (Wildman–Crippen LogP) is 2.91. The number of hydrogen-bond acceptors (Lipinski definition) is 3. The molecule has 0 saturated carbocycles. The SMILES string of the molecule is CCn1ncc(Br)c1C(=O)c1ccccc1OC. The van der Waals surface area contributed by atoms with Crippen molar-refractivity contribution in [3.8, 4) is 5.75 Å². The van der Waals surface area contributed by atoms with Crippen LogP contribution in [0.1, 0.15) is 23.0 Å². The number of methoxy groups -OCH3 is 1. The lowest BCUT2D eigenvalue weighted by atomic mass is 10.1. The number of nitrogens with zero attached hydrogens (tertiary/aromatic N) is 2. The maximum Gasteiger partial charge on any atom is 0.215 e. The second-order valence-electron chi connectivity index (χ2n) is 3.69. The molecule has 0 aliphatic carbocycles. The number of benzene rings is 1. The Morgan fingerprint density at radius 2 is 2.17 bits per heavy atom. The van der Waals surface area contributed by atoms with Gasteiger partial charge in [0.15, 0.2) is 0 Å². The quantitative estimate of drug-likeness (QED) is 0.816. The minimum atomic E-state index is -0.0984. The first-order chi connectivity index (χ1) is 8.69. The third-order valence-electron chi connectivity index (χ3n) is 2.66. The number of halogens is 1. The number of ketones is 1. The van der Waals surface area contributed by atoms with Crippen LogP contribution in [0.15, 0.2) is 34.9 Å². The lowest BCUT2D eigenvalue weighted by Crippen LogP contribution is -2.12. The van der Waals surface area contributed by atoms with Crippen molar-refractivity contribution < 1.29 is 9.53 Å². The van der Waals surface area contributed by atoms with Crippen molar-refractivity contribution in [1.29, 1.82) is 0 Å². The zero-order valence-corrected chi connectivity index (χ0v) is 11.8. The smallest absolute Gasteiger partial charge is 0.215 e. The molecule has 0 fully saturated rings. The fraction of sp³-hybridized carbons (Fsp3) is 0.231. The average Bonchev–Trinajstić information content (AvgIpc) is 2.79. The zero-order valence-electron chi connectivity index (χ0n) is 10.2. The molecule has 0 amide bonds. The second-order valence-corrected chi connectivity index (χ2v) is 4.54. The molecule has 0 spiro atoms. The van der Waals surface area contributed by atoms with Gasteiger partial charge in [-0.05, 0) is 35.0 Å². The van der Waals surface area contributed by atoms with Crippen LogP contribution < -0.4 is 4.74 Å². The van der Waals surface area contributed by atoms with Crippen molar-refractivity contribution >= 4 is 21.7 Å². The monoisotopic (exact) mass is 308 g/mol. The first-order valence-electron chi connectivity index (χ1n) is 5.58. The molecule has 0 aliphatic rings. The Hall–Kier alpha value is -1.62. The van der Waals surface area contributed by atoms with Gasteiger partial charge in [0.1, 0.15) is 11.4 Å². The van der Waals surface area contributed by atoms with Crippen LogP contribution >= 0.6 is 15.9 Å². The number of ether oxygens (including phenoxy) is 1. The van der Waals surface area contributed by atoms with Crippen LogP contribution in [0.5, 0.6) is 5.75 Å². The van der Waals surface area contributed by atoms with Crippen LogP contribution in [-0.4, -0.2) is 22.7 Å². The van der Waals surface area contributed by atoms with Crippen molar-refractivity contribution in [3.05, 3.63) is 46.2 Å². The molecule has 2 rings (SSSR count). The number of carbonyl (C=O) groups is 1. The largest absolute Gasteiger partial charge is 0.496 e. The van der Waals surface area contributed by atoms with E-state index in [-0.39, 0.29) is 5.78 Å². The highest BCUT2D eigenvalue weighted by molar-refractivity contribution is 9.10. The predicted molar refractivity (Wildman–Crippen MR) is 72.0 cm³/mol. The van der Waals surface area contributed by atoms with Gasteiger partial charge in [-0.15, -0.1) is 0 Å².